The average molecular weight is 377 g/mol. The van der Waals surface area contributed by atoms with Crippen molar-refractivity contribution in [1.82, 2.24) is 4.90 Å². The molecule has 0 radical (unpaired) electrons. The molecule has 1 amide bonds. The van der Waals surface area contributed by atoms with Crippen molar-refractivity contribution in [2.45, 2.75) is 44.6 Å². The number of nitrogens with zero attached hydrogens (tertiary/aromatic N) is 1. The van der Waals surface area contributed by atoms with Crippen LogP contribution in [0.25, 0.3) is 0 Å². The summed E-state index contributed by atoms with van der Waals surface area (Å²) in [5.41, 5.74) is 1.34. The molecule has 0 N–H and O–H groups in total. The maximum absolute atomic E-state index is 13.7. The van der Waals surface area contributed by atoms with Crippen LogP contribution in [0.2, 0.25) is 0 Å². The number of hydrogen-bond acceptors (Lipinski definition) is 3. The lowest BCUT2D eigenvalue weighted by Gasteiger charge is -2.32. The third-order valence-electron chi connectivity index (χ3n) is 5.12. The molecule has 2 aromatic rings. The minimum Gasteiger partial charge on any atom is -0.487 e. The topological polar surface area (TPSA) is 29.5 Å². The molecule has 1 aromatic heterocycles. The van der Waals surface area contributed by atoms with E-state index in [1.54, 1.807) is 11.3 Å². The molecule has 3 nitrogen and oxygen atoms in total. The lowest BCUT2D eigenvalue weighted by molar-refractivity contribution is 0.0592. The Morgan fingerprint density at radius 2 is 1.88 bits per heavy atom. The zero-order valence-electron chi connectivity index (χ0n) is 14.5. The van der Waals surface area contributed by atoms with E-state index >= 15 is 0 Å². The van der Waals surface area contributed by atoms with Crippen LogP contribution >= 0.6 is 11.3 Å². The SMILES string of the molecule is O=C(c1cc2c(s1)CCCC2)N1CCC(Oc2ccc(F)cc2F)CC1. The van der Waals surface area contributed by atoms with Crippen molar-refractivity contribution in [1.29, 1.82) is 0 Å². The first-order chi connectivity index (χ1) is 12.6. The Morgan fingerprint density at radius 3 is 2.62 bits per heavy atom. The largest absolute Gasteiger partial charge is 0.487 e. The monoisotopic (exact) mass is 377 g/mol. The van der Waals surface area contributed by atoms with Crippen molar-refractivity contribution >= 4 is 17.2 Å². The Bertz CT molecular complexity index is 789. The van der Waals surface area contributed by atoms with E-state index in [0.717, 1.165) is 23.8 Å². The number of rotatable bonds is 3. The fourth-order valence-corrected chi connectivity index (χ4v) is 4.90. The van der Waals surface area contributed by atoms with E-state index in [1.165, 1.54) is 35.4 Å². The number of fused-ring (bicyclic) bond motifs is 1. The van der Waals surface area contributed by atoms with Crippen LogP contribution in [0, 0.1) is 11.6 Å². The molecule has 0 spiro atoms. The maximum Gasteiger partial charge on any atom is 0.263 e. The summed E-state index contributed by atoms with van der Waals surface area (Å²) < 4.78 is 32.4. The van der Waals surface area contributed by atoms with Gasteiger partial charge >= 0.3 is 0 Å². The molecule has 0 atom stereocenters. The Kier molecular flexibility index (Phi) is 4.94. The highest BCUT2D eigenvalue weighted by Gasteiger charge is 2.27. The number of amides is 1. The summed E-state index contributed by atoms with van der Waals surface area (Å²) >= 11 is 1.64. The summed E-state index contributed by atoms with van der Waals surface area (Å²) in [6.07, 6.45) is 5.73. The molecular weight excluding hydrogens is 356 g/mol. The van der Waals surface area contributed by atoms with Gasteiger partial charge in [0, 0.05) is 36.9 Å². The predicted molar refractivity (Wildman–Crippen MR) is 96.9 cm³/mol. The van der Waals surface area contributed by atoms with Gasteiger partial charge in [0.15, 0.2) is 11.6 Å². The molecule has 0 saturated carbocycles. The third-order valence-corrected chi connectivity index (χ3v) is 6.35. The summed E-state index contributed by atoms with van der Waals surface area (Å²) in [4.78, 5) is 16.8. The van der Waals surface area contributed by atoms with E-state index in [0.29, 0.717) is 25.9 Å². The van der Waals surface area contributed by atoms with Crippen molar-refractivity contribution in [2.75, 3.05) is 13.1 Å². The van der Waals surface area contributed by atoms with E-state index in [9.17, 15) is 13.6 Å². The van der Waals surface area contributed by atoms with Gasteiger partial charge in [-0.2, -0.15) is 0 Å². The number of aryl methyl sites for hydroxylation is 2. The van der Waals surface area contributed by atoms with Gasteiger partial charge in [-0.15, -0.1) is 11.3 Å². The number of carbonyl (C=O) groups is 1. The zero-order chi connectivity index (χ0) is 18.1. The number of halogens is 2. The smallest absolute Gasteiger partial charge is 0.263 e. The fourth-order valence-electron chi connectivity index (χ4n) is 3.68. The second kappa shape index (κ2) is 7.35. The second-order valence-corrected chi connectivity index (χ2v) is 8.09. The molecule has 1 fully saturated rings. The highest BCUT2D eigenvalue weighted by Crippen LogP contribution is 2.31. The molecule has 2 aliphatic rings. The summed E-state index contributed by atoms with van der Waals surface area (Å²) in [6.45, 7) is 1.18. The van der Waals surface area contributed by atoms with Crippen molar-refractivity contribution < 1.29 is 18.3 Å². The van der Waals surface area contributed by atoms with Crippen LogP contribution in [0.4, 0.5) is 8.78 Å². The molecule has 4 rings (SSSR count). The highest BCUT2D eigenvalue weighted by atomic mass is 32.1. The summed E-state index contributed by atoms with van der Waals surface area (Å²) in [6, 6.07) is 5.40. The Hall–Kier alpha value is -1.95. The third kappa shape index (κ3) is 3.61. The van der Waals surface area contributed by atoms with Crippen molar-refractivity contribution in [2.24, 2.45) is 0 Å². The van der Waals surface area contributed by atoms with Crippen LogP contribution in [0.1, 0.15) is 45.8 Å². The number of likely N-dealkylation sites (tertiary alicyclic amines) is 1. The second-order valence-electron chi connectivity index (χ2n) is 6.95. The molecule has 1 aliphatic heterocycles. The Balaban J connectivity index is 1.35. The number of thiophene rings is 1. The molecule has 0 unspecified atom stereocenters. The maximum atomic E-state index is 13.7. The van der Waals surface area contributed by atoms with Gasteiger partial charge in [-0.25, -0.2) is 8.78 Å². The van der Waals surface area contributed by atoms with Crippen molar-refractivity contribution in [3.8, 4) is 5.75 Å². The Morgan fingerprint density at radius 1 is 1.12 bits per heavy atom. The summed E-state index contributed by atoms with van der Waals surface area (Å²) in [5, 5.41) is 0. The van der Waals surface area contributed by atoms with Gasteiger partial charge in [-0.3, -0.25) is 4.79 Å². The fraction of sp³-hybridized carbons (Fsp3) is 0.450. The van der Waals surface area contributed by atoms with Crippen LogP contribution in [-0.4, -0.2) is 30.0 Å². The van der Waals surface area contributed by atoms with Crippen LogP contribution in [0.3, 0.4) is 0 Å². The first-order valence-corrected chi connectivity index (χ1v) is 9.94. The van der Waals surface area contributed by atoms with E-state index in [1.807, 2.05) is 4.90 Å². The molecule has 1 aromatic carbocycles. The molecule has 1 aliphatic carbocycles. The van der Waals surface area contributed by atoms with Gasteiger partial charge in [-0.1, -0.05) is 0 Å². The highest BCUT2D eigenvalue weighted by molar-refractivity contribution is 7.14. The van der Waals surface area contributed by atoms with Gasteiger partial charge in [0.05, 0.1) is 4.88 Å². The van der Waals surface area contributed by atoms with Crippen molar-refractivity contribution in [3.63, 3.8) is 0 Å². The predicted octanol–water partition coefficient (Wildman–Crippen LogP) is 4.59. The molecule has 1 saturated heterocycles. The molecule has 0 bridgehead atoms. The molecular formula is C20H21F2NO2S. The number of benzene rings is 1. The minimum absolute atomic E-state index is 0.0714. The van der Waals surface area contributed by atoms with E-state index < -0.39 is 11.6 Å². The first-order valence-electron chi connectivity index (χ1n) is 9.13. The summed E-state index contributed by atoms with van der Waals surface area (Å²) in [5.74, 6) is -1.14. The number of ether oxygens (including phenoxy) is 1. The quantitative estimate of drug-likeness (QED) is 0.783. The van der Waals surface area contributed by atoms with Crippen LogP contribution in [0.5, 0.6) is 5.75 Å². The van der Waals surface area contributed by atoms with Gasteiger partial charge in [-0.05, 0) is 49.4 Å². The number of carbonyl (C=O) groups excluding carboxylic acids is 1. The van der Waals surface area contributed by atoms with Gasteiger partial charge in [0.1, 0.15) is 11.9 Å². The van der Waals surface area contributed by atoms with Gasteiger partial charge in [0.2, 0.25) is 0 Å². The van der Waals surface area contributed by atoms with Crippen molar-refractivity contribution in [3.05, 3.63) is 51.2 Å². The van der Waals surface area contributed by atoms with Gasteiger partial charge < -0.3 is 9.64 Å². The first kappa shape index (κ1) is 17.5. The minimum atomic E-state index is -0.687. The Labute approximate surface area is 155 Å². The number of piperidine rings is 1. The normalized spacial score (nSPS) is 17.8. The molecule has 26 heavy (non-hydrogen) atoms. The molecule has 138 valence electrons. The van der Waals surface area contributed by atoms with E-state index in [-0.39, 0.29) is 17.8 Å². The van der Waals surface area contributed by atoms with Crippen LogP contribution in [0.15, 0.2) is 24.3 Å². The standard InChI is InChI=1S/C20H21F2NO2S/c21-14-5-6-17(16(22)12-14)25-15-7-9-23(10-8-15)20(24)19-11-13-3-1-2-4-18(13)26-19/h5-6,11-12,15H,1-4,7-10H2. The van der Waals surface area contributed by atoms with Gasteiger partial charge in [0.25, 0.3) is 5.91 Å². The van der Waals surface area contributed by atoms with E-state index in [4.69, 9.17) is 4.74 Å². The average Bonchev–Trinajstić information content (AvgIpc) is 3.08. The number of hydrogen-bond donors (Lipinski definition) is 0. The zero-order valence-corrected chi connectivity index (χ0v) is 15.3. The molecule has 6 heteroatoms. The molecule has 2 heterocycles. The lowest BCUT2D eigenvalue weighted by atomic mass is 9.99. The van der Waals surface area contributed by atoms with Crippen LogP contribution < -0.4 is 4.74 Å². The summed E-state index contributed by atoms with van der Waals surface area (Å²) in [7, 11) is 0. The van der Waals surface area contributed by atoms with E-state index in [2.05, 4.69) is 6.07 Å². The lowest BCUT2D eigenvalue weighted by Crippen LogP contribution is -2.41. The van der Waals surface area contributed by atoms with Crippen LogP contribution in [-0.2, 0) is 12.8 Å².